The number of aromatic nitrogens is 2. The molecule has 0 aliphatic rings. The van der Waals surface area contributed by atoms with Gasteiger partial charge in [-0.2, -0.15) is 5.10 Å². The fraction of sp³-hybridized carbons (Fsp3) is 0.292. The second-order valence-electron chi connectivity index (χ2n) is 7.09. The SMILES string of the molecule is CCN(CC)C(=O)c1cnn(-c2ccccc2)c1NC(=O)CCOc1ccc(C)cc1. The first-order chi connectivity index (χ1) is 15.0. The van der Waals surface area contributed by atoms with Gasteiger partial charge in [-0.15, -0.1) is 0 Å². The second kappa shape index (κ2) is 10.4. The van der Waals surface area contributed by atoms with Crippen LogP contribution in [0.5, 0.6) is 5.75 Å². The van der Waals surface area contributed by atoms with Crippen molar-refractivity contribution in [3.8, 4) is 11.4 Å². The number of aryl methyl sites for hydroxylation is 1. The number of nitrogens with one attached hydrogen (secondary N) is 1. The quantitative estimate of drug-likeness (QED) is 0.566. The maximum atomic E-state index is 13.0. The second-order valence-corrected chi connectivity index (χ2v) is 7.09. The first-order valence-corrected chi connectivity index (χ1v) is 10.5. The summed E-state index contributed by atoms with van der Waals surface area (Å²) in [5, 5.41) is 7.24. The summed E-state index contributed by atoms with van der Waals surface area (Å²) in [5.74, 6) is 0.658. The Morgan fingerprint density at radius 2 is 1.71 bits per heavy atom. The van der Waals surface area contributed by atoms with Crippen LogP contribution in [0.25, 0.3) is 5.69 Å². The molecule has 0 atom stereocenters. The van der Waals surface area contributed by atoms with Crippen molar-refractivity contribution in [1.82, 2.24) is 14.7 Å². The van der Waals surface area contributed by atoms with Crippen molar-refractivity contribution in [1.29, 1.82) is 0 Å². The molecule has 162 valence electrons. The van der Waals surface area contributed by atoms with Crippen molar-refractivity contribution in [3.05, 3.63) is 71.9 Å². The molecule has 1 heterocycles. The number of carbonyl (C=O) groups excluding carboxylic acids is 2. The van der Waals surface area contributed by atoms with Crippen LogP contribution in [0, 0.1) is 6.92 Å². The molecule has 0 saturated heterocycles. The van der Waals surface area contributed by atoms with E-state index in [2.05, 4.69) is 10.4 Å². The van der Waals surface area contributed by atoms with E-state index in [1.54, 1.807) is 9.58 Å². The zero-order valence-electron chi connectivity index (χ0n) is 18.2. The van der Waals surface area contributed by atoms with Crippen molar-refractivity contribution in [2.45, 2.75) is 27.2 Å². The number of hydrogen-bond donors (Lipinski definition) is 1. The first kappa shape index (κ1) is 22.1. The highest BCUT2D eigenvalue weighted by Gasteiger charge is 2.23. The van der Waals surface area contributed by atoms with E-state index in [-0.39, 0.29) is 24.8 Å². The third-order valence-corrected chi connectivity index (χ3v) is 4.93. The van der Waals surface area contributed by atoms with Crippen LogP contribution in [0.4, 0.5) is 5.82 Å². The standard InChI is InChI=1S/C24H28N4O3/c1-4-27(5-2)24(30)21-17-25-28(19-9-7-6-8-10-19)23(21)26-22(29)15-16-31-20-13-11-18(3)12-14-20/h6-14,17H,4-5,15-16H2,1-3H3,(H,26,29). The van der Waals surface area contributed by atoms with E-state index >= 15 is 0 Å². The summed E-state index contributed by atoms with van der Waals surface area (Å²) in [6.07, 6.45) is 1.65. The van der Waals surface area contributed by atoms with E-state index in [9.17, 15) is 9.59 Å². The molecule has 0 unspecified atom stereocenters. The van der Waals surface area contributed by atoms with Gasteiger partial charge in [-0.1, -0.05) is 35.9 Å². The maximum absolute atomic E-state index is 13.0. The third-order valence-electron chi connectivity index (χ3n) is 4.93. The van der Waals surface area contributed by atoms with E-state index in [0.29, 0.717) is 30.2 Å². The lowest BCUT2D eigenvalue weighted by molar-refractivity contribution is -0.116. The molecule has 0 radical (unpaired) electrons. The Hall–Kier alpha value is -3.61. The summed E-state index contributed by atoms with van der Waals surface area (Å²) in [6, 6.07) is 17.1. The van der Waals surface area contributed by atoms with Gasteiger partial charge in [0, 0.05) is 13.1 Å². The molecule has 0 spiro atoms. The number of rotatable bonds is 9. The molecule has 2 amide bonds. The molecule has 7 heteroatoms. The molecular weight excluding hydrogens is 392 g/mol. The van der Waals surface area contributed by atoms with Crippen LogP contribution in [0.15, 0.2) is 60.8 Å². The van der Waals surface area contributed by atoms with Gasteiger partial charge >= 0.3 is 0 Å². The van der Waals surface area contributed by atoms with Gasteiger partial charge in [-0.3, -0.25) is 9.59 Å². The Morgan fingerprint density at radius 1 is 1.03 bits per heavy atom. The van der Waals surface area contributed by atoms with E-state index in [0.717, 1.165) is 11.3 Å². The summed E-state index contributed by atoms with van der Waals surface area (Å²) >= 11 is 0. The zero-order chi connectivity index (χ0) is 22.2. The van der Waals surface area contributed by atoms with Gasteiger partial charge in [0.1, 0.15) is 17.1 Å². The molecular formula is C24H28N4O3. The lowest BCUT2D eigenvalue weighted by atomic mass is 10.2. The maximum Gasteiger partial charge on any atom is 0.259 e. The molecule has 0 bridgehead atoms. The molecule has 7 nitrogen and oxygen atoms in total. The zero-order valence-corrected chi connectivity index (χ0v) is 18.2. The highest BCUT2D eigenvalue weighted by molar-refractivity contribution is 6.03. The largest absolute Gasteiger partial charge is 0.493 e. The van der Waals surface area contributed by atoms with Crippen molar-refractivity contribution < 1.29 is 14.3 Å². The Labute approximate surface area is 182 Å². The van der Waals surface area contributed by atoms with E-state index in [1.807, 2.05) is 75.4 Å². The monoisotopic (exact) mass is 420 g/mol. The Balaban J connectivity index is 1.77. The number of nitrogens with zero attached hydrogens (tertiary/aromatic N) is 3. The average Bonchev–Trinajstić information content (AvgIpc) is 3.20. The minimum Gasteiger partial charge on any atom is -0.493 e. The molecule has 3 rings (SSSR count). The molecule has 1 aromatic heterocycles. The Bertz CT molecular complexity index is 1010. The minimum atomic E-state index is -0.251. The fourth-order valence-electron chi connectivity index (χ4n) is 3.16. The van der Waals surface area contributed by atoms with Crippen LogP contribution in [0.3, 0.4) is 0 Å². The lowest BCUT2D eigenvalue weighted by Gasteiger charge is -2.19. The van der Waals surface area contributed by atoms with Gasteiger partial charge < -0.3 is 15.0 Å². The number of para-hydroxylation sites is 1. The van der Waals surface area contributed by atoms with E-state index in [1.165, 1.54) is 6.20 Å². The van der Waals surface area contributed by atoms with Gasteiger partial charge in [0.15, 0.2) is 0 Å². The molecule has 1 N–H and O–H groups in total. The fourth-order valence-corrected chi connectivity index (χ4v) is 3.16. The van der Waals surface area contributed by atoms with Gasteiger partial charge in [0.2, 0.25) is 5.91 Å². The summed E-state index contributed by atoms with van der Waals surface area (Å²) in [4.78, 5) is 27.3. The summed E-state index contributed by atoms with van der Waals surface area (Å²) in [6.45, 7) is 7.22. The molecule has 0 saturated carbocycles. The van der Waals surface area contributed by atoms with Crippen LogP contribution >= 0.6 is 0 Å². The van der Waals surface area contributed by atoms with Crippen LogP contribution < -0.4 is 10.1 Å². The number of benzene rings is 2. The van der Waals surface area contributed by atoms with Crippen LogP contribution in [-0.4, -0.2) is 46.2 Å². The summed E-state index contributed by atoms with van der Waals surface area (Å²) < 4.78 is 7.24. The van der Waals surface area contributed by atoms with E-state index < -0.39 is 0 Å². The lowest BCUT2D eigenvalue weighted by Crippen LogP contribution is -2.31. The first-order valence-electron chi connectivity index (χ1n) is 10.5. The predicted octanol–water partition coefficient (Wildman–Crippen LogP) is 4.07. The predicted molar refractivity (Wildman–Crippen MR) is 121 cm³/mol. The van der Waals surface area contributed by atoms with E-state index in [4.69, 9.17) is 4.74 Å². The number of hydrogen-bond acceptors (Lipinski definition) is 4. The highest BCUT2D eigenvalue weighted by atomic mass is 16.5. The van der Waals surface area contributed by atoms with Crippen LogP contribution in [0.2, 0.25) is 0 Å². The van der Waals surface area contributed by atoms with Gasteiger partial charge in [0.25, 0.3) is 5.91 Å². The normalized spacial score (nSPS) is 10.5. The number of anilines is 1. The molecule has 2 aromatic carbocycles. The topological polar surface area (TPSA) is 76.5 Å². The van der Waals surface area contributed by atoms with Crippen LogP contribution in [-0.2, 0) is 4.79 Å². The Kier molecular flexibility index (Phi) is 7.43. The molecule has 0 fully saturated rings. The van der Waals surface area contributed by atoms with Crippen molar-refractivity contribution >= 4 is 17.6 Å². The van der Waals surface area contributed by atoms with Gasteiger partial charge in [0.05, 0.1) is 24.9 Å². The van der Waals surface area contributed by atoms with Crippen LogP contribution in [0.1, 0.15) is 36.2 Å². The number of amides is 2. The van der Waals surface area contributed by atoms with Gasteiger partial charge in [-0.25, -0.2) is 4.68 Å². The van der Waals surface area contributed by atoms with Crippen molar-refractivity contribution in [2.75, 3.05) is 25.0 Å². The molecule has 0 aliphatic heterocycles. The van der Waals surface area contributed by atoms with Crippen molar-refractivity contribution in [2.24, 2.45) is 0 Å². The molecule has 31 heavy (non-hydrogen) atoms. The number of ether oxygens (including phenoxy) is 1. The highest BCUT2D eigenvalue weighted by Crippen LogP contribution is 2.22. The third kappa shape index (κ3) is 5.51. The number of carbonyl (C=O) groups is 2. The smallest absolute Gasteiger partial charge is 0.259 e. The molecule has 0 aliphatic carbocycles. The summed E-state index contributed by atoms with van der Waals surface area (Å²) in [5.41, 5.74) is 2.26. The summed E-state index contributed by atoms with van der Waals surface area (Å²) in [7, 11) is 0. The Morgan fingerprint density at radius 3 is 2.35 bits per heavy atom. The average molecular weight is 421 g/mol. The van der Waals surface area contributed by atoms with Gasteiger partial charge in [-0.05, 0) is 45.0 Å². The molecule has 3 aromatic rings. The van der Waals surface area contributed by atoms with Crippen molar-refractivity contribution in [3.63, 3.8) is 0 Å². The minimum absolute atomic E-state index is 0.146.